The summed E-state index contributed by atoms with van der Waals surface area (Å²) >= 11 is 0. The van der Waals surface area contributed by atoms with Crippen molar-refractivity contribution in [2.24, 2.45) is 0 Å². The molecule has 0 aromatic heterocycles. The first-order chi connectivity index (χ1) is 6.27. The molecule has 0 unspecified atom stereocenters. The predicted octanol–water partition coefficient (Wildman–Crippen LogP) is 1.04. The van der Waals surface area contributed by atoms with Crippen molar-refractivity contribution in [3.8, 4) is 0 Å². The maximum atomic E-state index is 10.9. The Morgan fingerprint density at radius 1 is 1.31 bits per heavy atom. The van der Waals surface area contributed by atoms with Crippen LogP contribution in [0.2, 0.25) is 0 Å². The van der Waals surface area contributed by atoms with E-state index >= 15 is 0 Å². The lowest BCUT2D eigenvalue weighted by Gasteiger charge is -2.07. The van der Waals surface area contributed by atoms with Gasteiger partial charge in [0.15, 0.2) is 6.10 Å². The van der Waals surface area contributed by atoms with Crippen LogP contribution in [0.4, 0.5) is 0 Å². The molecule has 13 heavy (non-hydrogen) atoms. The van der Waals surface area contributed by atoms with Gasteiger partial charge in [-0.2, -0.15) is 0 Å². The van der Waals surface area contributed by atoms with Crippen molar-refractivity contribution in [2.45, 2.75) is 18.6 Å². The van der Waals surface area contributed by atoms with E-state index in [0.29, 0.717) is 6.42 Å². The van der Waals surface area contributed by atoms with Gasteiger partial charge in [0.25, 0.3) is 0 Å². The van der Waals surface area contributed by atoms with Crippen LogP contribution in [0, 0.1) is 0 Å². The zero-order valence-electron chi connectivity index (χ0n) is 7.01. The van der Waals surface area contributed by atoms with Crippen molar-refractivity contribution < 1.29 is 14.6 Å². The van der Waals surface area contributed by atoms with Crippen LogP contribution in [-0.2, 0) is 9.53 Å². The molecule has 3 heteroatoms. The van der Waals surface area contributed by atoms with E-state index in [1.54, 1.807) is 0 Å². The first kappa shape index (κ1) is 8.26. The Morgan fingerprint density at radius 2 is 2.00 bits per heavy atom. The van der Waals surface area contributed by atoms with Crippen molar-refractivity contribution in [1.29, 1.82) is 0 Å². The van der Waals surface area contributed by atoms with Crippen molar-refractivity contribution in [3.63, 3.8) is 0 Å². The van der Waals surface area contributed by atoms with Crippen LogP contribution >= 0.6 is 0 Å². The molecule has 0 amide bonds. The molecule has 1 heterocycles. The predicted molar refractivity (Wildman–Crippen MR) is 45.9 cm³/mol. The SMILES string of the molecule is O=C1O[C@@H](c2ccccc2)C[C@@H]1O. The van der Waals surface area contributed by atoms with Gasteiger partial charge in [0.05, 0.1) is 0 Å². The molecule has 0 radical (unpaired) electrons. The largest absolute Gasteiger partial charge is 0.455 e. The van der Waals surface area contributed by atoms with Crippen LogP contribution in [0.3, 0.4) is 0 Å². The fraction of sp³-hybridized carbons (Fsp3) is 0.300. The average molecular weight is 178 g/mol. The number of carbonyl (C=O) groups is 1. The van der Waals surface area contributed by atoms with E-state index in [0.717, 1.165) is 5.56 Å². The van der Waals surface area contributed by atoms with Gasteiger partial charge in [-0.15, -0.1) is 0 Å². The first-order valence-electron chi connectivity index (χ1n) is 4.21. The number of rotatable bonds is 1. The van der Waals surface area contributed by atoms with E-state index in [1.165, 1.54) is 0 Å². The molecule has 0 spiro atoms. The Balaban J connectivity index is 2.17. The number of aliphatic hydroxyl groups excluding tert-OH is 1. The minimum Gasteiger partial charge on any atom is -0.455 e. The Kier molecular flexibility index (Phi) is 2.02. The molecule has 1 aromatic carbocycles. The Hall–Kier alpha value is -1.35. The lowest BCUT2D eigenvalue weighted by atomic mass is 10.1. The third-order valence-corrected chi connectivity index (χ3v) is 2.14. The Bertz CT molecular complexity index is 307. The van der Waals surface area contributed by atoms with Gasteiger partial charge in [-0.25, -0.2) is 4.79 Å². The second-order valence-electron chi connectivity index (χ2n) is 3.09. The van der Waals surface area contributed by atoms with E-state index < -0.39 is 12.1 Å². The molecule has 1 N–H and O–H groups in total. The number of ether oxygens (including phenoxy) is 1. The summed E-state index contributed by atoms with van der Waals surface area (Å²) < 4.78 is 4.97. The van der Waals surface area contributed by atoms with Gasteiger partial charge in [-0.3, -0.25) is 0 Å². The Morgan fingerprint density at radius 3 is 2.54 bits per heavy atom. The molecule has 1 fully saturated rings. The maximum Gasteiger partial charge on any atom is 0.335 e. The third-order valence-electron chi connectivity index (χ3n) is 2.14. The molecule has 0 saturated carbocycles. The zero-order chi connectivity index (χ0) is 9.26. The topological polar surface area (TPSA) is 46.5 Å². The number of cyclic esters (lactones) is 1. The molecule has 68 valence electrons. The summed E-state index contributed by atoms with van der Waals surface area (Å²) in [7, 11) is 0. The van der Waals surface area contributed by atoms with Crippen LogP contribution in [-0.4, -0.2) is 17.2 Å². The van der Waals surface area contributed by atoms with Crippen LogP contribution in [0.25, 0.3) is 0 Å². The van der Waals surface area contributed by atoms with Crippen LogP contribution in [0.1, 0.15) is 18.1 Å². The van der Waals surface area contributed by atoms with Crippen LogP contribution < -0.4 is 0 Å². The van der Waals surface area contributed by atoms with Crippen LogP contribution in [0.5, 0.6) is 0 Å². The normalized spacial score (nSPS) is 27.3. The summed E-state index contributed by atoms with van der Waals surface area (Å²) in [5, 5.41) is 9.15. The highest BCUT2D eigenvalue weighted by molar-refractivity contribution is 5.76. The molecule has 2 atom stereocenters. The number of hydrogen-bond donors (Lipinski definition) is 1. The summed E-state index contributed by atoms with van der Waals surface area (Å²) in [6.45, 7) is 0. The maximum absolute atomic E-state index is 10.9. The quantitative estimate of drug-likeness (QED) is 0.653. The third kappa shape index (κ3) is 1.55. The standard InChI is InChI=1S/C10H10O3/c11-8-6-9(13-10(8)12)7-4-2-1-3-5-7/h1-5,8-9,11H,6H2/t8-,9+/m0/s1. The highest BCUT2D eigenvalue weighted by atomic mass is 16.6. The average Bonchev–Trinajstić information content (AvgIpc) is 2.49. The highest BCUT2D eigenvalue weighted by Crippen LogP contribution is 2.29. The molecule has 0 bridgehead atoms. The molecule has 0 aliphatic carbocycles. The fourth-order valence-electron chi connectivity index (χ4n) is 1.44. The van der Waals surface area contributed by atoms with Crippen molar-refractivity contribution >= 4 is 5.97 Å². The van der Waals surface area contributed by atoms with E-state index in [1.807, 2.05) is 30.3 Å². The van der Waals surface area contributed by atoms with Gasteiger partial charge < -0.3 is 9.84 Å². The van der Waals surface area contributed by atoms with Gasteiger partial charge in [0.1, 0.15) is 6.10 Å². The second kappa shape index (κ2) is 3.18. The monoisotopic (exact) mass is 178 g/mol. The van der Waals surface area contributed by atoms with Gasteiger partial charge in [0.2, 0.25) is 0 Å². The number of benzene rings is 1. The van der Waals surface area contributed by atoms with Crippen molar-refractivity contribution in [3.05, 3.63) is 35.9 Å². The van der Waals surface area contributed by atoms with E-state index in [2.05, 4.69) is 0 Å². The lowest BCUT2D eigenvalue weighted by molar-refractivity contribution is -0.147. The van der Waals surface area contributed by atoms with Gasteiger partial charge in [0, 0.05) is 6.42 Å². The number of aliphatic hydroxyl groups is 1. The summed E-state index contributed by atoms with van der Waals surface area (Å²) in [5.41, 5.74) is 0.937. The summed E-state index contributed by atoms with van der Waals surface area (Å²) in [6, 6.07) is 9.43. The fourth-order valence-corrected chi connectivity index (χ4v) is 1.44. The molecule has 1 aliphatic rings. The van der Waals surface area contributed by atoms with Crippen molar-refractivity contribution in [2.75, 3.05) is 0 Å². The molecular formula is C10H10O3. The number of carbonyl (C=O) groups excluding carboxylic acids is 1. The first-order valence-corrected chi connectivity index (χ1v) is 4.21. The summed E-state index contributed by atoms with van der Waals surface area (Å²) in [5.74, 6) is -0.520. The van der Waals surface area contributed by atoms with Gasteiger partial charge in [-0.05, 0) is 5.56 Å². The minimum absolute atomic E-state index is 0.274. The van der Waals surface area contributed by atoms with Gasteiger partial charge >= 0.3 is 5.97 Å². The van der Waals surface area contributed by atoms with E-state index in [4.69, 9.17) is 9.84 Å². The van der Waals surface area contributed by atoms with Gasteiger partial charge in [-0.1, -0.05) is 30.3 Å². The number of hydrogen-bond acceptors (Lipinski definition) is 3. The molecule has 1 aliphatic heterocycles. The minimum atomic E-state index is -0.954. The Labute approximate surface area is 76.0 Å². The molecule has 1 aromatic rings. The van der Waals surface area contributed by atoms with Crippen LogP contribution in [0.15, 0.2) is 30.3 Å². The van der Waals surface area contributed by atoms with E-state index in [-0.39, 0.29) is 6.10 Å². The smallest absolute Gasteiger partial charge is 0.335 e. The number of esters is 1. The lowest BCUT2D eigenvalue weighted by Crippen LogP contribution is -2.11. The summed E-state index contributed by atoms with van der Waals surface area (Å²) in [6.07, 6.45) is -0.864. The highest BCUT2D eigenvalue weighted by Gasteiger charge is 2.33. The molecule has 1 saturated heterocycles. The molecule has 3 nitrogen and oxygen atoms in total. The summed E-state index contributed by atoms with van der Waals surface area (Å²) in [4.78, 5) is 10.9. The van der Waals surface area contributed by atoms with Crippen molar-refractivity contribution in [1.82, 2.24) is 0 Å². The molecule has 2 rings (SSSR count). The molecular weight excluding hydrogens is 168 g/mol. The second-order valence-corrected chi connectivity index (χ2v) is 3.09. The van der Waals surface area contributed by atoms with E-state index in [9.17, 15) is 4.79 Å². The zero-order valence-corrected chi connectivity index (χ0v) is 7.01.